The maximum absolute atomic E-state index is 13.5. The lowest BCUT2D eigenvalue weighted by Gasteiger charge is -2.39. The maximum atomic E-state index is 13.5. The first-order valence-electron chi connectivity index (χ1n) is 13.4. The van der Waals surface area contributed by atoms with E-state index in [4.69, 9.17) is 17.0 Å². The van der Waals surface area contributed by atoms with Crippen molar-refractivity contribution in [1.82, 2.24) is 20.2 Å². The van der Waals surface area contributed by atoms with E-state index in [2.05, 4.69) is 16.3 Å². The van der Waals surface area contributed by atoms with E-state index in [0.717, 1.165) is 10.5 Å². The van der Waals surface area contributed by atoms with Crippen molar-refractivity contribution >= 4 is 35.0 Å². The summed E-state index contributed by atoms with van der Waals surface area (Å²) in [6.45, 7) is 3.60. The smallest absolute Gasteiger partial charge is 0.350 e. The Labute approximate surface area is 248 Å². The van der Waals surface area contributed by atoms with Gasteiger partial charge in [-0.25, -0.2) is 14.7 Å². The molecule has 13 heteroatoms. The molecule has 2 aliphatic heterocycles. The SMILES string of the molecule is COC(=O)C1=C(C)NC(=S)N(C(=O)N(O)CCCN2CCC(C#N)(c3ccccc3)CC2)C1c1ccc([N+](=O)[O-])cc1. The fourth-order valence-corrected chi connectivity index (χ4v) is 5.79. The predicted molar refractivity (Wildman–Crippen MR) is 156 cm³/mol. The number of hydrogen-bond acceptors (Lipinski definition) is 9. The molecule has 4 rings (SSSR count). The van der Waals surface area contributed by atoms with Crippen LogP contribution in [0.1, 0.15) is 43.4 Å². The van der Waals surface area contributed by atoms with Gasteiger partial charge in [-0.15, -0.1) is 0 Å². The van der Waals surface area contributed by atoms with Crippen molar-refractivity contribution in [2.45, 2.75) is 37.6 Å². The number of nitrogens with one attached hydrogen (secondary N) is 1. The number of hydrogen-bond donors (Lipinski definition) is 2. The Morgan fingerprint density at radius 3 is 2.43 bits per heavy atom. The van der Waals surface area contributed by atoms with E-state index in [9.17, 15) is 30.2 Å². The van der Waals surface area contributed by atoms with Gasteiger partial charge in [-0.1, -0.05) is 30.3 Å². The molecule has 2 amide bonds. The number of piperidine rings is 1. The number of nitrogens with zero attached hydrogens (tertiary/aromatic N) is 5. The topological polar surface area (TPSA) is 152 Å². The first-order valence-corrected chi connectivity index (χ1v) is 13.9. The van der Waals surface area contributed by atoms with E-state index in [1.165, 1.54) is 31.4 Å². The minimum absolute atomic E-state index is 0.0141. The summed E-state index contributed by atoms with van der Waals surface area (Å²) >= 11 is 5.44. The Morgan fingerprint density at radius 2 is 1.86 bits per heavy atom. The molecule has 1 atom stereocenters. The lowest BCUT2D eigenvalue weighted by Crippen LogP contribution is -2.54. The van der Waals surface area contributed by atoms with Crippen LogP contribution < -0.4 is 5.32 Å². The van der Waals surface area contributed by atoms with Crippen molar-refractivity contribution in [3.05, 3.63) is 87.1 Å². The van der Waals surface area contributed by atoms with Crippen molar-refractivity contribution in [3.8, 4) is 6.07 Å². The highest BCUT2D eigenvalue weighted by Gasteiger charge is 2.42. The van der Waals surface area contributed by atoms with Crippen molar-refractivity contribution in [2.75, 3.05) is 33.3 Å². The zero-order chi connectivity index (χ0) is 30.4. The summed E-state index contributed by atoms with van der Waals surface area (Å²) in [4.78, 5) is 40.2. The van der Waals surface area contributed by atoms with Gasteiger partial charge in [0.15, 0.2) is 5.11 Å². The van der Waals surface area contributed by atoms with Crippen LogP contribution >= 0.6 is 12.2 Å². The Bertz CT molecular complexity index is 1420. The highest BCUT2D eigenvalue weighted by Crippen LogP contribution is 2.37. The molecule has 2 N–H and O–H groups in total. The molecular weight excluding hydrogens is 560 g/mol. The fraction of sp³-hybridized carbons (Fsp3) is 0.379. The van der Waals surface area contributed by atoms with Crippen LogP contribution in [0.3, 0.4) is 0 Å². The summed E-state index contributed by atoms with van der Waals surface area (Å²) in [5.74, 6) is -0.720. The molecule has 0 aromatic heterocycles. The summed E-state index contributed by atoms with van der Waals surface area (Å²) in [6, 6.07) is 15.7. The number of carbonyl (C=O) groups is 2. The number of esters is 1. The van der Waals surface area contributed by atoms with Gasteiger partial charge in [0, 0.05) is 17.8 Å². The Hall–Kier alpha value is -4.38. The molecule has 1 unspecified atom stereocenters. The Morgan fingerprint density at radius 1 is 1.21 bits per heavy atom. The van der Waals surface area contributed by atoms with Crippen LogP contribution in [0, 0.1) is 21.4 Å². The molecule has 2 heterocycles. The summed E-state index contributed by atoms with van der Waals surface area (Å²) in [5, 5.41) is 35.2. The molecule has 2 aromatic rings. The molecule has 0 radical (unpaired) electrons. The lowest BCUT2D eigenvalue weighted by atomic mass is 9.74. The van der Waals surface area contributed by atoms with Crippen molar-refractivity contribution in [2.24, 2.45) is 0 Å². The van der Waals surface area contributed by atoms with Crippen LogP contribution in [-0.4, -0.2) is 75.4 Å². The zero-order valence-electron chi connectivity index (χ0n) is 23.4. The van der Waals surface area contributed by atoms with Gasteiger partial charge in [-0.05, 0) is 81.3 Å². The molecule has 12 nitrogen and oxygen atoms in total. The van der Waals surface area contributed by atoms with Crippen LogP contribution in [0.4, 0.5) is 10.5 Å². The van der Waals surface area contributed by atoms with Gasteiger partial charge in [0.2, 0.25) is 0 Å². The number of hydroxylamine groups is 2. The van der Waals surface area contributed by atoms with Gasteiger partial charge < -0.3 is 15.0 Å². The van der Waals surface area contributed by atoms with Crippen LogP contribution in [0.15, 0.2) is 65.9 Å². The zero-order valence-corrected chi connectivity index (χ0v) is 24.2. The van der Waals surface area contributed by atoms with Crippen LogP contribution in [0.5, 0.6) is 0 Å². The third kappa shape index (κ3) is 6.25. The monoisotopic (exact) mass is 592 g/mol. The van der Waals surface area contributed by atoms with Crippen molar-refractivity contribution in [1.29, 1.82) is 5.26 Å². The van der Waals surface area contributed by atoms with Gasteiger partial charge in [0.25, 0.3) is 5.69 Å². The van der Waals surface area contributed by atoms with Gasteiger partial charge >= 0.3 is 12.0 Å². The molecule has 1 saturated heterocycles. The molecule has 2 aromatic carbocycles. The fourth-order valence-electron chi connectivity index (χ4n) is 5.45. The van der Waals surface area contributed by atoms with E-state index in [-0.39, 0.29) is 22.9 Å². The Kier molecular flexibility index (Phi) is 9.52. The molecule has 220 valence electrons. The van der Waals surface area contributed by atoms with Crippen LogP contribution in [-0.2, 0) is 14.9 Å². The number of rotatable bonds is 8. The summed E-state index contributed by atoms with van der Waals surface area (Å²) in [5.41, 5.74) is 1.14. The standard InChI is InChI=1S/C29H32N6O6S/c1-20-24(26(36)41-2)25(21-9-11-23(12-10-21)35(39)40)34(27(42)31-20)28(37)33(38)16-6-15-32-17-13-29(19-30,14-18-32)22-7-4-3-5-8-22/h3-5,7-12,25,38H,6,13-18H2,1-2H3,(H,31,42). The van der Waals surface area contributed by atoms with E-state index < -0.39 is 28.4 Å². The number of amides is 2. The molecule has 2 aliphatic rings. The highest BCUT2D eigenvalue weighted by atomic mass is 32.1. The van der Waals surface area contributed by atoms with E-state index in [1.54, 1.807) is 6.92 Å². The second-order valence-electron chi connectivity index (χ2n) is 10.2. The maximum Gasteiger partial charge on any atom is 0.350 e. The number of nitro benzene ring substituents is 1. The third-order valence-electron chi connectivity index (χ3n) is 7.79. The van der Waals surface area contributed by atoms with E-state index in [1.807, 2.05) is 30.3 Å². The lowest BCUT2D eigenvalue weighted by molar-refractivity contribution is -0.384. The number of nitriles is 1. The second kappa shape index (κ2) is 13.1. The minimum atomic E-state index is -1.09. The normalized spacial score (nSPS) is 18.6. The average molecular weight is 593 g/mol. The summed E-state index contributed by atoms with van der Waals surface area (Å²) in [6.07, 6.45) is 1.81. The molecule has 42 heavy (non-hydrogen) atoms. The number of allylic oxidation sites excluding steroid dienone is 1. The number of likely N-dealkylation sites (tertiary alicyclic amines) is 1. The summed E-state index contributed by atoms with van der Waals surface area (Å²) in [7, 11) is 1.20. The number of non-ortho nitro benzene ring substituents is 1. The second-order valence-corrected chi connectivity index (χ2v) is 10.6. The molecule has 0 bridgehead atoms. The Balaban J connectivity index is 1.44. The largest absolute Gasteiger partial charge is 0.466 e. The number of thiocarbonyl (C=S) groups is 1. The van der Waals surface area contributed by atoms with Crippen molar-refractivity contribution < 1.29 is 24.5 Å². The number of carbonyl (C=O) groups excluding carboxylic acids is 2. The van der Waals surface area contributed by atoms with Crippen molar-refractivity contribution in [3.63, 3.8) is 0 Å². The summed E-state index contributed by atoms with van der Waals surface area (Å²) < 4.78 is 4.95. The van der Waals surface area contributed by atoms with Gasteiger partial charge in [-0.2, -0.15) is 5.26 Å². The highest BCUT2D eigenvalue weighted by molar-refractivity contribution is 7.80. The first kappa shape index (κ1) is 30.6. The third-order valence-corrected chi connectivity index (χ3v) is 8.09. The van der Waals surface area contributed by atoms with Gasteiger partial charge in [0.1, 0.15) is 6.04 Å². The van der Waals surface area contributed by atoms with Crippen LogP contribution in [0.25, 0.3) is 0 Å². The number of nitro groups is 1. The number of urea groups is 1. The number of benzene rings is 2. The van der Waals surface area contributed by atoms with E-state index in [0.29, 0.717) is 55.2 Å². The van der Waals surface area contributed by atoms with E-state index >= 15 is 0 Å². The molecule has 1 fully saturated rings. The number of methoxy groups -OCH3 is 1. The van der Waals surface area contributed by atoms with Gasteiger partial charge in [-0.3, -0.25) is 20.2 Å². The average Bonchev–Trinajstić information content (AvgIpc) is 3.01. The molecule has 0 aliphatic carbocycles. The molecule has 0 spiro atoms. The first-order chi connectivity index (χ1) is 20.1. The molecule has 0 saturated carbocycles. The molecular formula is C29H32N6O6S. The van der Waals surface area contributed by atoms with Gasteiger partial charge in [0.05, 0.1) is 35.6 Å². The predicted octanol–water partition coefficient (Wildman–Crippen LogP) is 4.03. The minimum Gasteiger partial charge on any atom is -0.466 e. The van der Waals surface area contributed by atoms with Crippen LogP contribution in [0.2, 0.25) is 0 Å². The number of ether oxygens (including phenoxy) is 1. The quantitative estimate of drug-likeness (QED) is 0.151.